The van der Waals surface area contributed by atoms with E-state index in [2.05, 4.69) is 25.8 Å². The van der Waals surface area contributed by atoms with Gasteiger partial charge in [0.15, 0.2) is 5.82 Å². The highest BCUT2D eigenvalue weighted by Crippen LogP contribution is 2.30. The van der Waals surface area contributed by atoms with Gasteiger partial charge in [-0.05, 0) is 63.6 Å². The lowest BCUT2D eigenvalue weighted by Gasteiger charge is -2.36. The molecule has 2 amide bonds. The van der Waals surface area contributed by atoms with Crippen molar-refractivity contribution in [3.05, 3.63) is 78.1 Å². The van der Waals surface area contributed by atoms with Gasteiger partial charge in [-0.15, -0.1) is 0 Å². The van der Waals surface area contributed by atoms with Gasteiger partial charge in [0.25, 0.3) is 0 Å². The molecule has 3 aromatic heterocycles. The van der Waals surface area contributed by atoms with Crippen LogP contribution in [0.25, 0.3) is 16.4 Å². The van der Waals surface area contributed by atoms with Crippen molar-refractivity contribution in [2.24, 2.45) is 0 Å². The lowest BCUT2D eigenvalue weighted by atomic mass is 10.2. The maximum absolute atomic E-state index is 13.7. The predicted octanol–water partition coefficient (Wildman–Crippen LogP) is 5.50. The summed E-state index contributed by atoms with van der Waals surface area (Å²) in [4.78, 5) is 31.5. The summed E-state index contributed by atoms with van der Waals surface area (Å²) in [6, 6.07) is 11.8. The Morgan fingerprint density at radius 2 is 2.00 bits per heavy atom. The van der Waals surface area contributed by atoms with Crippen LogP contribution in [0.5, 0.6) is 0 Å². The minimum atomic E-state index is -0.683. The summed E-state index contributed by atoms with van der Waals surface area (Å²) in [6.07, 6.45) is 3.69. The number of hydrogen-bond acceptors (Lipinski definition) is 9. The van der Waals surface area contributed by atoms with Gasteiger partial charge in [-0.1, -0.05) is 12.1 Å². The Hall–Kier alpha value is -5.24. The lowest BCUT2D eigenvalue weighted by Crippen LogP contribution is -2.52. The van der Waals surface area contributed by atoms with E-state index in [-0.39, 0.29) is 19.0 Å². The molecule has 1 aliphatic heterocycles. The molecule has 2 aromatic carbocycles. The highest BCUT2D eigenvalue weighted by Gasteiger charge is 2.32. The molecule has 14 heteroatoms. The van der Waals surface area contributed by atoms with Crippen LogP contribution in [0, 0.1) is 12.7 Å². The number of rotatable bonds is 7. The summed E-state index contributed by atoms with van der Waals surface area (Å²) in [6.45, 7) is 8.56. The molecule has 1 fully saturated rings. The molecule has 5 aromatic rings. The van der Waals surface area contributed by atoms with Gasteiger partial charge in [0.2, 0.25) is 0 Å². The molecular formula is C32H35FN8O5. The van der Waals surface area contributed by atoms with Gasteiger partial charge in [0.1, 0.15) is 29.9 Å². The van der Waals surface area contributed by atoms with E-state index in [0.29, 0.717) is 36.7 Å². The molecule has 240 valence electrons. The molecule has 0 aliphatic carbocycles. The Balaban J connectivity index is 1.13. The average Bonchev–Trinajstić information content (AvgIpc) is 3.55. The van der Waals surface area contributed by atoms with Crippen LogP contribution in [0.2, 0.25) is 0 Å². The molecule has 0 spiro atoms. The third-order valence-electron chi connectivity index (χ3n) is 7.45. The van der Waals surface area contributed by atoms with E-state index in [9.17, 15) is 14.0 Å². The first-order chi connectivity index (χ1) is 22.0. The van der Waals surface area contributed by atoms with Crippen molar-refractivity contribution >= 4 is 45.8 Å². The number of fused-ring (bicyclic) bond motifs is 2. The molecule has 6 rings (SSSR count). The van der Waals surface area contributed by atoms with Crippen molar-refractivity contribution in [1.29, 1.82) is 0 Å². The second kappa shape index (κ2) is 12.6. The van der Waals surface area contributed by atoms with Gasteiger partial charge in [-0.3, -0.25) is 14.9 Å². The fourth-order valence-electron chi connectivity index (χ4n) is 5.29. The molecule has 0 bridgehead atoms. The van der Waals surface area contributed by atoms with Crippen molar-refractivity contribution in [2.75, 3.05) is 37.0 Å². The van der Waals surface area contributed by atoms with E-state index in [1.54, 1.807) is 43.7 Å². The molecule has 0 unspecified atom stereocenters. The zero-order valence-electron chi connectivity index (χ0n) is 26.0. The van der Waals surface area contributed by atoms with Crippen molar-refractivity contribution < 1.29 is 28.2 Å². The molecule has 1 atom stereocenters. The van der Waals surface area contributed by atoms with Crippen LogP contribution < -0.4 is 10.6 Å². The van der Waals surface area contributed by atoms with Crippen molar-refractivity contribution in [1.82, 2.24) is 29.3 Å². The number of halogens is 1. The number of nitrogens with one attached hydrogen (secondary N) is 2. The maximum Gasteiger partial charge on any atom is 0.411 e. The summed E-state index contributed by atoms with van der Waals surface area (Å²) in [5.41, 5.74) is 3.73. The number of ether oxygens (including phenoxy) is 3. The van der Waals surface area contributed by atoms with Crippen molar-refractivity contribution in [2.45, 2.75) is 45.9 Å². The highest BCUT2D eigenvalue weighted by atomic mass is 19.1. The number of carbonyl (C=O) groups is 2. The van der Waals surface area contributed by atoms with Crippen LogP contribution in [0.4, 0.5) is 31.2 Å². The minimum Gasteiger partial charge on any atom is -0.447 e. The number of carbonyl (C=O) groups excluding carboxylic acids is 2. The third kappa shape index (κ3) is 6.86. The van der Waals surface area contributed by atoms with E-state index in [4.69, 9.17) is 14.2 Å². The van der Waals surface area contributed by atoms with E-state index in [1.807, 2.05) is 35.9 Å². The minimum absolute atomic E-state index is 0.0641. The smallest absolute Gasteiger partial charge is 0.411 e. The molecule has 2 N–H and O–H groups in total. The van der Waals surface area contributed by atoms with Gasteiger partial charge in [-0.2, -0.15) is 10.2 Å². The van der Waals surface area contributed by atoms with Crippen LogP contribution in [-0.4, -0.2) is 79.5 Å². The summed E-state index contributed by atoms with van der Waals surface area (Å²) < 4.78 is 33.6. The monoisotopic (exact) mass is 630 g/mol. The Kier molecular flexibility index (Phi) is 8.45. The summed E-state index contributed by atoms with van der Waals surface area (Å²) >= 11 is 0. The third-order valence-corrected chi connectivity index (χ3v) is 7.45. The van der Waals surface area contributed by atoms with Gasteiger partial charge >= 0.3 is 12.2 Å². The number of aromatic nitrogens is 5. The largest absolute Gasteiger partial charge is 0.447 e. The number of aryl methyl sites for hydroxylation is 1. The molecule has 4 heterocycles. The average molecular weight is 631 g/mol. The fourth-order valence-corrected chi connectivity index (χ4v) is 5.29. The number of amides is 2. The number of anilines is 3. The number of hydrogen-bond donors (Lipinski definition) is 2. The first-order valence-corrected chi connectivity index (χ1v) is 14.9. The van der Waals surface area contributed by atoms with Crippen LogP contribution in [0.1, 0.15) is 31.9 Å². The Morgan fingerprint density at radius 1 is 1.15 bits per heavy atom. The maximum atomic E-state index is 13.7. The van der Waals surface area contributed by atoms with Crippen LogP contribution >= 0.6 is 0 Å². The number of nitrogens with zero attached hydrogens (tertiary/aromatic N) is 6. The zero-order valence-corrected chi connectivity index (χ0v) is 26.0. The molecule has 1 saturated heterocycles. The van der Waals surface area contributed by atoms with Gasteiger partial charge in [-0.25, -0.2) is 23.5 Å². The molecule has 0 saturated carbocycles. The van der Waals surface area contributed by atoms with E-state index >= 15 is 0 Å². The molecule has 1 aliphatic rings. The Labute approximate surface area is 264 Å². The van der Waals surface area contributed by atoms with E-state index < -0.39 is 23.8 Å². The highest BCUT2D eigenvalue weighted by molar-refractivity contribution is 5.91. The van der Waals surface area contributed by atoms with Crippen LogP contribution in [0.3, 0.4) is 0 Å². The molecule has 46 heavy (non-hydrogen) atoms. The second-order valence-electron chi connectivity index (χ2n) is 12.0. The predicted molar refractivity (Wildman–Crippen MR) is 169 cm³/mol. The van der Waals surface area contributed by atoms with E-state index in [1.165, 1.54) is 23.4 Å². The van der Waals surface area contributed by atoms with Gasteiger partial charge < -0.3 is 19.5 Å². The zero-order chi connectivity index (χ0) is 32.4. The topological polar surface area (TPSA) is 137 Å². The summed E-state index contributed by atoms with van der Waals surface area (Å²) in [5, 5.41) is 15.8. The SMILES string of the molecule is Cc1c(NC(=O)OC[C@@H]2COCCN2C(=O)OC(C)(C)C)cn2ncnc(Nc3ccc4c(cnn4Cc4cccc(F)c4)c3)c12. The lowest BCUT2D eigenvalue weighted by molar-refractivity contribution is -0.0453. The second-order valence-corrected chi connectivity index (χ2v) is 12.0. The van der Waals surface area contributed by atoms with E-state index in [0.717, 1.165) is 27.7 Å². The van der Waals surface area contributed by atoms with Crippen LogP contribution in [0.15, 0.2) is 61.2 Å². The fraction of sp³-hybridized carbons (Fsp3) is 0.344. The van der Waals surface area contributed by atoms with Gasteiger partial charge in [0, 0.05) is 23.2 Å². The number of benzene rings is 2. The Morgan fingerprint density at radius 3 is 2.80 bits per heavy atom. The Bertz CT molecular complexity index is 1900. The van der Waals surface area contributed by atoms with Crippen LogP contribution in [-0.2, 0) is 20.8 Å². The molecule has 0 radical (unpaired) electrons. The van der Waals surface area contributed by atoms with Crippen molar-refractivity contribution in [3.63, 3.8) is 0 Å². The summed E-state index contributed by atoms with van der Waals surface area (Å²) in [5.74, 6) is 0.251. The normalized spacial score (nSPS) is 15.2. The first-order valence-electron chi connectivity index (χ1n) is 14.9. The molecule has 13 nitrogen and oxygen atoms in total. The summed E-state index contributed by atoms with van der Waals surface area (Å²) in [7, 11) is 0. The quantitative estimate of drug-likeness (QED) is 0.239. The standard InChI is InChI=1S/C32H35FN8O5/c1-20-26(38-30(42)45-18-25-17-44-11-10-39(25)31(43)46-32(2,3)4)16-41-28(20)29(34-19-36-41)37-24-8-9-27-22(13-24)14-35-40(27)15-21-6-5-7-23(33)12-21/h5-9,12-14,16,19,25H,10-11,15,17-18H2,1-4H3,(H,38,42)(H,34,36,37)/t25-/m0/s1. The van der Waals surface area contributed by atoms with Crippen molar-refractivity contribution in [3.8, 4) is 0 Å². The first kappa shape index (κ1) is 30.8. The molecular weight excluding hydrogens is 595 g/mol. The van der Waals surface area contributed by atoms with Gasteiger partial charge in [0.05, 0.1) is 49.4 Å². The number of morpholine rings is 1.